The molecule has 0 radical (unpaired) electrons. The molecule has 0 spiro atoms. The molecule has 0 aliphatic carbocycles. The number of carbonyl (C=O) groups is 2. The summed E-state index contributed by atoms with van der Waals surface area (Å²) >= 11 is 0. The van der Waals surface area contributed by atoms with E-state index >= 15 is 0 Å². The van der Waals surface area contributed by atoms with Crippen molar-refractivity contribution in [3.05, 3.63) is 42.5 Å². The molecule has 152 valence electrons. The molecule has 0 aromatic heterocycles. The van der Waals surface area contributed by atoms with E-state index in [9.17, 15) is 22.8 Å². The predicted octanol–water partition coefficient (Wildman–Crippen LogP) is 3.72. The maximum atomic E-state index is 13.9. The molecule has 4 rings (SSSR count). The highest BCUT2D eigenvalue weighted by Crippen LogP contribution is 2.47. The molecule has 1 fully saturated rings. The summed E-state index contributed by atoms with van der Waals surface area (Å²) in [6.45, 7) is 1.45. The molecular formula is C19H15F3N2O5. The molecule has 0 bridgehead atoms. The van der Waals surface area contributed by atoms with E-state index in [1.54, 1.807) is 18.2 Å². The summed E-state index contributed by atoms with van der Waals surface area (Å²) in [7, 11) is 0. The van der Waals surface area contributed by atoms with E-state index < -0.39 is 18.0 Å². The lowest BCUT2D eigenvalue weighted by Crippen LogP contribution is -2.53. The van der Waals surface area contributed by atoms with Gasteiger partial charge in [-0.2, -0.15) is 13.2 Å². The van der Waals surface area contributed by atoms with Gasteiger partial charge in [0, 0.05) is 43.5 Å². The van der Waals surface area contributed by atoms with Gasteiger partial charge in [0.25, 0.3) is 6.47 Å². The number of hydrogen-bond donors (Lipinski definition) is 0. The van der Waals surface area contributed by atoms with Crippen molar-refractivity contribution in [2.24, 2.45) is 0 Å². The third-order valence-corrected chi connectivity index (χ3v) is 4.62. The maximum absolute atomic E-state index is 13.9. The molecule has 2 heterocycles. The van der Waals surface area contributed by atoms with Crippen molar-refractivity contribution in [3.63, 3.8) is 0 Å². The number of rotatable bonds is 4. The summed E-state index contributed by atoms with van der Waals surface area (Å²) in [5, 5.41) is 0. The fraction of sp³-hybridized carbons (Fsp3) is 0.263. The Morgan fingerprint density at radius 1 is 1.00 bits per heavy atom. The van der Waals surface area contributed by atoms with Crippen molar-refractivity contribution in [2.75, 3.05) is 22.9 Å². The van der Waals surface area contributed by atoms with Crippen molar-refractivity contribution >= 4 is 23.9 Å². The molecule has 2 aliphatic heterocycles. The largest absolute Gasteiger partial charge is 0.471 e. The van der Waals surface area contributed by atoms with Crippen molar-refractivity contribution < 1.29 is 37.0 Å². The fourth-order valence-electron chi connectivity index (χ4n) is 3.12. The minimum atomic E-state index is -4.18. The zero-order chi connectivity index (χ0) is 20.8. The first-order valence-corrected chi connectivity index (χ1v) is 8.60. The van der Waals surface area contributed by atoms with Gasteiger partial charge >= 0.3 is 18.0 Å². The molecule has 1 saturated heterocycles. The topological polar surface area (TPSA) is 68.3 Å². The second kappa shape index (κ2) is 6.57. The first-order chi connectivity index (χ1) is 13.7. The number of urea groups is 1. The normalized spacial score (nSPS) is 22.6. The Bertz CT molecular complexity index is 982. The minimum absolute atomic E-state index is 0.188. The van der Waals surface area contributed by atoms with Crippen LogP contribution in [-0.2, 0) is 4.79 Å². The van der Waals surface area contributed by atoms with E-state index in [2.05, 4.69) is 4.74 Å². The number of amides is 2. The van der Waals surface area contributed by atoms with Gasteiger partial charge in [0.05, 0.1) is 0 Å². The molecule has 1 unspecified atom stereocenters. The zero-order valence-corrected chi connectivity index (χ0v) is 15.1. The number of nitrogens with zero attached hydrogens (tertiary/aromatic N) is 2. The van der Waals surface area contributed by atoms with Crippen molar-refractivity contribution in [1.29, 1.82) is 0 Å². The van der Waals surface area contributed by atoms with Gasteiger partial charge in [-0.3, -0.25) is 14.6 Å². The van der Waals surface area contributed by atoms with Gasteiger partial charge in [0.2, 0.25) is 0 Å². The predicted molar refractivity (Wildman–Crippen MR) is 95.4 cm³/mol. The molecule has 0 saturated carbocycles. The summed E-state index contributed by atoms with van der Waals surface area (Å²) in [6, 6.07) is 9.91. The van der Waals surface area contributed by atoms with E-state index in [0.717, 1.165) is 0 Å². The first-order valence-electron chi connectivity index (χ1n) is 8.60. The smallest absolute Gasteiger partial charge is 0.446 e. The molecule has 1 atom stereocenters. The highest BCUT2D eigenvalue weighted by atomic mass is 19.3. The molecule has 2 amide bonds. The standard InChI is InChI=1S/C19H15F3N2O5/c1-18(20)19(21,22)29-16-10-13(5-6-15(16)28-18)24-8-7-23(17(24)26)12-3-2-4-14(9-12)27-11-25/h2-6,9-11H,7-8H2,1H3. The molecule has 10 heteroatoms. The van der Waals surface area contributed by atoms with Crippen LogP contribution in [0.3, 0.4) is 0 Å². The van der Waals surface area contributed by atoms with Gasteiger partial charge in [0.15, 0.2) is 11.5 Å². The van der Waals surface area contributed by atoms with Crippen molar-refractivity contribution in [2.45, 2.75) is 18.9 Å². The molecule has 0 N–H and O–H groups in total. The molecule has 2 aromatic rings. The monoisotopic (exact) mass is 408 g/mol. The van der Waals surface area contributed by atoms with E-state index in [1.165, 1.54) is 34.1 Å². The number of halogens is 3. The fourth-order valence-corrected chi connectivity index (χ4v) is 3.12. The lowest BCUT2D eigenvalue weighted by atomic mass is 10.2. The summed E-state index contributed by atoms with van der Waals surface area (Å²) in [6.07, 6.45) is -4.18. The van der Waals surface area contributed by atoms with E-state index in [0.29, 0.717) is 24.8 Å². The van der Waals surface area contributed by atoms with Crippen molar-refractivity contribution in [3.8, 4) is 17.2 Å². The van der Waals surface area contributed by atoms with Gasteiger partial charge in [-0.1, -0.05) is 6.07 Å². The van der Waals surface area contributed by atoms with Gasteiger partial charge in [-0.25, -0.2) is 4.79 Å². The lowest BCUT2D eigenvalue weighted by molar-refractivity contribution is -0.332. The average molecular weight is 408 g/mol. The average Bonchev–Trinajstić information content (AvgIpc) is 3.04. The summed E-state index contributed by atoms with van der Waals surface area (Å²) in [5.41, 5.74) is 0.799. The number of benzene rings is 2. The number of fused-ring (bicyclic) bond motifs is 1. The molecule has 29 heavy (non-hydrogen) atoms. The van der Waals surface area contributed by atoms with Gasteiger partial charge in [-0.05, 0) is 24.3 Å². The van der Waals surface area contributed by atoms with Crippen LogP contribution >= 0.6 is 0 Å². The summed E-state index contributed by atoms with van der Waals surface area (Å²) in [5.74, 6) is -3.59. The van der Waals surface area contributed by atoms with Crippen LogP contribution in [0.5, 0.6) is 17.2 Å². The molecular weight excluding hydrogens is 393 g/mol. The van der Waals surface area contributed by atoms with Gasteiger partial charge < -0.3 is 14.2 Å². The summed E-state index contributed by atoms with van der Waals surface area (Å²) in [4.78, 5) is 26.1. The number of carbonyl (C=O) groups excluding carboxylic acids is 2. The van der Waals surface area contributed by atoms with Crippen LogP contribution < -0.4 is 24.0 Å². The number of alkyl halides is 3. The quantitative estimate of drug-likeness (QED) is 0.722. The lowest BCUT2D eigenvalue weighted by Gasteiger charge is -2.35. The van der Waals surface area contributed by atoms with Crippen LogP contribution in [0.2, 0.25) is 0 Å². The first kappa shape index (κ1) is 18.9. The Morgan fingerprint density at radius 3 is 2.38 bits per heavy atom. The SMILES string of the molecule is CC1(F)Oc2ccc(N3CCN(c4cccc(OC=O)c4)C3=O)cc2OC1(F)F. The van der Waals surface area contributed by atoms with Crippen LogP contribution in [-0.4, -0.2) is 37.6 Å². The minimum Gasteiger partial charge on any atom is -0.446 e. The molecule has 2 aliphatic rings. The Labute approximate surface area is 163 Å². The maximum Gasteiger partial charge on any atom is 0.471 e. The van der Waals surface area contributed by atoms with E-state index in [1.807, 2.05) is 0 Å². The Hall–Kier alpha value is -3.43. The second-order valence-electron chi connectivity index (χ2n) is 6.57. The number of ether oxygens (including phenoxy) is 3. The molecule has 2 aromatic carbocycles. The van der Waals surface area contributed by atoms with Gasteiger partial charge in [-0.15, -0.1) is 0 Å². The second-order valence-corrected chi connectivity index (χ2v) is 6.57. The van der Waals surface area contributed by atoms with E-state index in [4.69, 9.17) is 9.47 Å². The van der Waals surface area contributed by atoms with E-state index in [-0.39, 0.29) is 30.3 Å². The number of hydrogen-bond acceptors (Lipinski definition) is 5. The summed E-state index contributed by atoms with van der Waals surface area (Å²) < 4.78 is 55.5. The Balaban J connectivity index is 1.59. The molecule has 7 nitrogen and oxygen atoms in total. The third-order valence-electron chi connectivity index (χ3n) is 4.62. The van der Waals surface area contributed by atoms with Crippen LogP contribution in [0.25, 0.3) is 0 Å². The van der Waals surface area contributed by atoms with Gasteiger partial charge in [0.1, 0.15) is 5.75 Å². The van der Waals surface area contributed by atoms with Crippen LogP contribution in [0.1, 0.15) is 6.92 Å². The Kier molecular flexibility index (Phi) is 4.29. The highest BCUT2D eigenvalue weighted by molar-refractivity contribution is 6.06. The number of anilines is 2. The van der Waals surface area contributed by atoms with Crippen molar-refractivity contribution in [1.82, 2.24) is 0 Å². The Morgan fingerprint density at radius 2 is 1.69 bits per heavy atom. The van der Waals surface area contributed by atoms with Crippen LogP contribution in [0, 0.1) is 0 Å². The van der Waals surface area contributed by atoms with Crippen LogP contribution in [0.15, 0.2) is 42.5 Å². The highest BCUT2D eigenvalue weighted by Gasteiger charge is 2.60. The third kappa shape index (κ3) is 3.20. The zero-order valence-electron chi connectivity index (χ0n) is 15.1. The van der Waals surface area contributed by atoms with Crippen LogP contribution in [0.4, 0.5) is 29.3 Å².